The number of rotatable bonds is 0. The largest absolute Gasteiger partial charge is 0.373 e. The Labute approximate surface area is 82.3 Å². The van der Waals surface area contributed by atoms with Gasteiger partial charge in [0.1, 0.15) is 0 Å². The first-order valence-electron chi connectivity index (χ1n) is 4.68. The monoisotopic (exact) mass is 189 g/mol. The summed E-state index contributed by atoms with van der Waals surface area (Å²) < 4.78 is 5.52. The molecule has 0 amide bonds. The molecular weight excluding hydrogens is 178 g/mol. The molecule has 3 heteroatoms. The Hall–Kier alpha value is -1.32. The van der Waals surface area contributed by atoms with E-state index in [-0.39, 0.29) is 0 Å². The Balaban J connectivity index is 2.15. The fraction of sp³-hybridized carbons (Fsp3) is 0.273. The summed E-state index contributed by atoms with van der Waals surface area (Å²) in [7, 11) is 0. The number of hydroxylamine groups is 1. The average molecular weight is 189 g/mol. The van der Waals surface area contributed by atoms with Gasteiger partial charge in [0.05, 0.1) is 13.2 Å². The number of fused-ring (bicyclic) bond motifs is 2. The van der Waals surface area contributed by atoms with Crippen molar-refractivity contribution in [2.75, 3.05) is 6.61 Å². The third-order valence-corrected chi connectivity index (χ3v) is 2.71. The number of hydrogen-bond acceptors (Lipinski definition) is 3. The molecule has 1 aromatic rings. The average Bonchev–Trinajstić information content (AvgIpc) is 2.68. The van der Waals surface area contributed by atoms with Gasteiger partial charge in [-0.3, -0.25) is 10.3 Å². The standard InChI is InChI=1S/C11H11NO2/c1-2-4-10-9(3-1)7-13-8-11(10)5-6-12-14-11/h1-6,12H,7-8H2. The van der Waals surface area contributed by atoms with Gasteiger partial charge in [-0.2, -0.15) is 0 Å². The summed E-state index contributed by atoms with van der Waals surface area (Å²) in [6, 6.07) is 8.22. The Morgan fingerprint density at radius 2 is 2.21 bits per heavy atom. The van der Waals surface area contributed by atoms with E-state index in [1.807, 2.05) is 24.4 Å². The molecule has 1 spiro atoms. The van der Waals surface area contributed by atoms with Crippen LogP contribution in [-0.4, -0.2) is 6.61 Å². The van der Waals surface area contributed by atoms with Gasteiger partial charge in [-0.05, 0) is 17.2 Å². The van der Waals surface area contributed by atoms with Gasteiger partial charge in [-0.1, -0.05) is 24.3 Å². The summed E-state index contributed by atoms with van der Waals surface area (Å²) in [5.74, 6) is 0. The molecule has 1 atom stereocenters. The van der Waals surface area contributed by atoms with E-state index >= 15 is 0 Å². The lowest BCUT2D eigenvalue weighted by atomic mass is 9.89. The molecule has 0 saturated carbocycles. The lowest BCUT2D eigenvalue weighted by molar-refractivity contribution is -0.106. The molecule has 3 nitrogen and oxygen atoms in total. The van der Waals surface area contributed by atoms with Crippen LogP contribution in [0.3, 0.4) is 0 Å². The molecule has 0 bridgehead atoms. The van der Waals surface area contributed by atoms with E-state index < -0.39 is 5.60 Å². The molecule has 0 fully saturated rings. The van der Waals surface area contributed by atoms with Gasteiger partial charge in [0.15, 0.2) is 5.60 Å². The van der Waals surface area contributed by atoms with Gasteiger partial charge >= 0.3 is 0 Å². The highest BCUT2D eigenvalue weighted by molar-refractivity contribution is 5.38. The van der Waals surface area contributed by atoms with E-state index in [9.17, 15) is 0 Å². The molecule has 1 aromatic carbocycles. The van der Waals surface area contributed by atoms with Crippen LogP contribution < -0.4 is 5.48 Å². The van der Waals surface area contributed by atoms with Crippen LogP contribution in [-0.2, 0) is 21.8 Å². The zero-order valence-electron chi connectivity index (χ0n) is 7.69. The highest BCUT2D eigenvalue weighted by atomic mass is 16.7. The smallest absolute Gasteiger partial charge is 0.164 e. The van der Waals surface area contributed by atoms with Gasteiger partial charge in [-0.15, -0.1) is 0 Å². The second-order valence-electron chi connectivity index (χ2n) is 3.59. The Bertz CT molecular complexity index is 389. The fourth-order valence-corrected chi connectivity index (χ4v) is 2.01. The van der Waals surface area contributed by atoms with Crippen molar-refractivity contribution in [1.82, 2.24) is 5.48 Å². The maximum atomic E-state index is 5.52. The number of benzene rings is 1. The van der Waals surface area contributed by atoms with Crippen molar-refractivity contribution in [2.45, 2.75) is 12.2 Å². The summed E-state index contributed by atoms with van der Waals surface area (Å²) in [6.07, 6.45) is 3.82. The molecule has 2 aliphatic heterocycles. The van der Waals surface area contributed by atoms with Crippen LogP contribution in [0.25, 0.3) is 0 Å². The number of nitrogens with one attached hydrogen (secondary N) is 1. The molecule has 2 aliphatic rings. The quantitative estimate of drug-likeness (QED) is 0.670. The zero-order valence-corrected chi connectivity index (χ0v) is 7.69. The summed E-state index contributed by atoms with van der Waals surface area (Å²) >= 11 is 0. The van der Waals surface area contributed by atoms with Gasteiger partial charge in [0.2, 0.25) is 0 Å². The molecule has 2 heterocycles. The SMILES string of the molecule is C1=CC2(COCc3ccccc32)ON1. The summed E-state index contributed by atoms with van der Waals surface area (Å²) in [5.41, 5.74) is 4.76. The van der Waals surface area contributed by atoms with E-state index in [1.54, 1.807) is 0 Å². The lowest BCUT2D eigenvalue weighted by Crippen LogP contribution is -2.36. The summed E-state index contributed by atoms with van der Waals surface area (Å²) in [6.45, 7) is 1.25. The second-order valence-corrected chi connectivity index (χ2v) is 3.59. The molecule has 1 N–H and O–H groups in total. The molecule has 0 aromatic heterocycles. The molecule has 1 unspecified atom stereocenters. The van der Waals surface area contributed by atoms with Crippen LogP contribution in [0.5, 0.6) is 0 Å². The van der Waals surface area contributed by atoms with Crippen molar-refractivity contribution in [3.8, 4) is 0 Å². The maximum Gasteiger partial charge on any atom is 0.164 e. The van der Waals surface area contributed by atoms with Crippen LogP contribution in [0.15, 0.2) is 36.5 Å². The van der Waals surface area contributed by atoms with Gasteiger partial charge < -0.3 is 4.74 Å². The highest BCUT2D eigenvalue weighted by Gasteiger charge is 2.39. The first-order valence-corrected chi connectivity index (χ1v) is 4.68. The minimum atomic E-state index is -0.408. The predicted octanol–water partition coefficient (Wildman–Crippen LogP) is 1.46. The van der Waals surface area contributed by atoms with Crippen molar-refractivity contribution in [2.24, 2.45) is 0 Å². The van der Waals surface area contributed by atoms with Crippen LogP contribution in [0.4, 0.5) is 0 Å². The molecule has 0 radical (unpaired) electrons. The first kappa shape index (κ1) is 8.03. The van der Waals surface area contributed by atoms with E-state index in [2.05, 4.69) is 17.6 Å². The Morgan fingerprint density at radius 3 is 3.07 bits per heavy atom. The summed E-state index contributed by atoms with van der Waals surface area (Å²) in [5, 5.41) is 0. The van der Waals surface area contributed by atoms with Gasteiger partial charge in [0.25, 0.3) is 0 Å². The van der Waals surface area contributed by atoms with Crippen molar-refractivity contribution in [3.05, 3.63) is 47.7 Å². The number of hydrogen-bond donors (Lipinski definition) is 1. The molecule has 14 heavy (non-hydrogen) atoms. The minimum Gasteiger partial charge on any atom is -0.373 e. The minimum absolute atomic E-state index is 0.408. The van der Waals surface area contributed by atoms with Crippen LogP contribution in [0.1, 0.15) is 11.1 Å². The maximum absolute atomic E-state index is 5.52. The lowest BCUT2D eigenvalue weighted by Gasteiger charge is -2.32. The molecule has 3 rings (SSSR count). The van der Waals surface area contributed by atoms with Crippen molar-refractivity contribution in [1.29, 1.82) is 0 Å². The van der Waals surface area contributed by atoms with E-state index in [0.717, 1.165) is 0 Å². The fourth-order valence-electron chi connectivity index (χ4n) is 2.01. The van der Waals surface area contributed by atoms with Crippen LogP contribution >= 0.6 is 0 Å². The van der Waals surface area contributed by atoms with E-state index in [1.165, 1.54) is 11.1 Å². The first-order chi connectivity index (χ1) is 6.91. The Kier molecular flexibility index (Phi) is 1.63. The normalized spacial score (nSPS) is 28.9. The van der Waals surface area contributed by atoms with Crippen LogP contribution in [0.2, 0.25) is 0 Å². The zero-order chi connectivity index (χ0) is 9.43. The van der Waals surface area contributed by atoms with Crippen molar-refractivity contribution in [3.63, 3.8) is 0 Å². The number of ether oxygens (including phenoxy) is 1. The van der Waals surface area contributed by atoms with Gasteiger partial charge in [-0.25, -0.2) is 0 Å². The van der Waals surface area contributed by atoms with E-state index in [4.69, 9.17) is 9.57 Å². The molecule has 0 aliphatic carbocycles. The summed E-state index contributed by atoms with van der Waals surface area (Å²) in [4.78, 5) is 5.52. The third kappa shape index (κ3) is 0.997. The third-order valence-electron chi connectivity index (χ3n) is 2.71. The van der Waals surface area contributed by atoms with Crippen molar-refractivity contribution >= 4 is 0 Å². The predicted molar refractivity (Wildman–Crippen MR) is 51.1 cm³/mol. The molecule has 72 valence electrons. The Morgan fingerprint density at radius 1 is 1.29 bits per heavy atom. The molecule has 0 saturated heterocycles. The van der Waals surface area contributed by atoms with E-state index in [0.29, 0.717) is 13.2 Å². The second kappa shape index (κ2) is 2.83. The van der Waals surface area contributed by atoms with Crippen molar-refractivity contribution < 1.29 is 9.57 Å². The molecular formula is C11H11NO2. The van der Waals surface area contributed by atoms with Gasteiger partial charge in [0, 0.05) is 6.20 Å². The topological polar surface area (TPSA) is 30.5 Å². The highest BCUT2D eigenvalue weighted by Crippen LogP contribution is 2.35. The van der Waals surface area contributed by atoms with Crippen LogP contribution in [0, 0.1) is 0 Å².